The molecular formula is C11H16ClN3. The zero-order valence-corrected chi connectivity index (χ0v) is 9.43. The van der Waals surface area contributed by atoms with E-state index in [2.05, 4.69) is 15.6 Å². The van der Waals surface area contributed by atoms with Crippen LogP contribution in [0.3, 0.4) is 0 Å². The maximum Gasteiger partial charge on any atom is 0.125 e. The van der Waals surface area contributed by atoms with Gasteiger partial charge < -0.3 is 10.6 Å². The fraction of sp³-hybridized carbons (Fsp3) is 0.545. The van der Waals surface area contributed by atoms with Gasteiger partial charge in [0.1, 0.15) is 5.82 Å². The molecule has 82 valence electrons. The number of hydrogen-bond acceptors (Lipinski definition) is 3. The number of pyridine rings is 1. The number of hydrogen-bond donors (Lipinski definition) is 2. The van der Waals surface area contributed by atoms with Gasteiger partial charge in [0.15, 0.2) is 0 Å². The molecule has 0 aromatic carbocycles. The van der Waals surface area contributed by atoms with Crippen LogP contribution >= 0.6 is 11.6 Å². The van der Waals surface area contributed by atoms with Crippen LogP contribution in [-0.4, -0.2) is 24.6 Å². The van der Waals surface area contributed by atoms with Crippen LogP contribution in [-0.2, 0) is 0 Å². The Hall–Kier alpha value is -0.800. The van der Waals surface area contributed by atoms with Crippen LogP contribution in [0.5, 0.6) is 0 Å². The summed E-state index contributed by atoms with van der Waals surface area (Å²) in [4.78, 5) is 4.20. The van der Waals surface area contributed by atoms with Gasteiger partial charge in [-0.15, -0.1) is 0 Å². The number of rotatable bonds is 3. The van der Waals surface area contributed by atoms with Gasteiger partial charge >= 0.3 is 0 Å². The zero-order valence-electron chi connectivity index (χ0n) is 8.67. The second-order valence-corrected chi connectivity index (χ2v) is 4.37. The van der Waals surface area contributed by atoms with Gasteiger partial charge in [-0.05, 0) is 44.0 Å². The highest BCUT2D eigenvalue weighted by Crippen LogP contribution is 2.14. The molecule has 2 N–H and O–H groups in total. The maximum absolute atomic E-state index is 5.76. The van der Waals surface area contributed by atoms with Crippen molar-refractivity contribution in [1.29, 1.82) is 0 Å². The van der Waals surface area contributed by atoms with E-state index in [9.17, 15) is 0 Å². The lowest BCUT2D eigenvalue weighted by Gasteiger charge is -2.22. The highest BCUT2D eigenvalue weighted by Gasteiger charge is 2.12. The van der Waals surface area contributed by atoms with Gasteiger partial charge in [-0.3, -0.25) is 0 Å². The van der Waals surface area contributed by atoms with E-state index >= 15 is 0 Å². The molecule has 15 heavy (non-hydrogen) atoms. The molecule has 1 aromatic heterocycles. The van der Waals surface area contributed by atoms with Gasteiger partial charge in [-0.1, -0.05) is 11.6 Å². The Balaban J connectivity index is 1.79. The van der Waals surface area contributed by atoms with E-state index in [-0.39, 0.29) is 0 Å². The molecule has 0 amide bonds. The second-order valence-electron chi connectivity index (χ2n) is 3.94. The molecule has 0 aliphatic carbocycles. The number of piperidine rings is 1. The minimum Gasteiger partial charge on any atom is -0.370 e. The molecule has 1 aliphatic heterocycles. The van der Waals surface area contributed by atoms with Crippen LogP contribution in [0.2, 0.25) is 5.02 Å². The van der Waals surface area contributed by atoms with Gasteiger partial charge in [-0.2, -0.15) is 0 Å². The number of aromatic nitrogens is 1. The molecule has 2 heterocycles. The molecular weight excluding hydrogens is 210 g/mol. The second kappa shape index (κ2) is 5.33. The molecule has 1 aliphatic rings. The number of nitrogens with one attached hydrogen (secondary N) is 2. The molecule has 4 heteroatoms. The standard InChI is InChI=1S/C11H16ClN3/c12-10-1-2-11(15-8-10)14-7-9-3-5-13-6-4-9/h1-2,8-9,13H,3-7H2,(H,14,15). The quantitative estimate of drug-likeness (QED) is 0.828. The summed E-state index contributed by atoms with van der Waals surface area (Å²) < 4.78 is 0. The number of halogens is 1. The van der Waals surface area contributed by atoms with Crippen LogP contribution in [0, 0.1) is 5.92 Å². The molecule has 0 saturated carbocycles. The highest BCUT2D eigenvalue weighted by atomic mass is 35.5. The molecule has 3 nitrogen and oxygen atoms in total. The lowest BCUT2D eigenvalue weighted by atomic mass is 9.98. The van der Waals surface area contributed by atoms with Crippen molar-refractivity contribution in [2.24, 2.45) is 5.92 Å². The third kappa shape index (κ3) is 3.36. The SMILES string of the molecule is Clc1ccc(NCC2CCNCC2)nc1. The van der Waals surface area contributed by atoms with Gasteiger partial charge in [0.25, 0.3) is 0 Å². The van der Waals surface area contributed by atoms with Crippen molar-refractivity contribution in [2.75, 3.05) is 25.0 Å². The number of anilines is 1. The average molecular weight is 226 g/mol. The summed E-state index contributed by atoms with van der Waals surface area (Å²) in [5.74, 6) is 1.68. The average Bonchev–Trinajstić information content (AvgIpc) is 2.30. The minimum atomic E-state index is 0.683. The minimum absolute atomic E-state index is 0.683. The predicted octanol–water partition coefficient (Wildman–Crippen LogP) is 2.15. The lowest BCUT2D eigenvalue weighted by Crippen LogP contribution is -2.31. The molecule has 0 unspecified atom stereocenters. The molecule has 0 atom stereocenters. The van der Waals surface area contributed by atoms with Gasteiger partial charge in [0.2, 0.25) is 0 Å². The Morgan fingerprint density at radius 1 is 1.40 bits per heavy atom. The van der Waals surface area contributed by atoms with E-state index in [1.165, 1.54) is 12.8 Å². The Morgan fingerprint density at radius 2 is 2.20 bits per heavy atom. The Labute approximate surface area is 95.2 Å². The van der Waals surface area contributed by atoms with Crippen LogP contribution < -0.4 is 10.6 Å². The van der Waals surface area contributed by atoms with Gasteiger partial charge in [0, 0.05) is 12.7 Å². The summed E-state index contributed by atoms with van der Waals surface area (Å²) in [6.45, 7) is 3.29. The summed E-state index contributed by atoms with van der Waals surface area (Å²) in [5, 5.41) is 7.39. The molecule has 0 bridgehead atoms. The zero-order chi connectivity index (χ0) is 10.5. The van der Waals surface area contributed by atoms with E-state index in [0.29, 0.717) is 5.02 Å². The lowest BCUT2D eigenvalue weighted by molar-refractivity contribution is 0.389. The first-order valence-electron chi connectivity index (χ1n) is 5.41. The van der Waals surface area contributed by atoms with Crippen molar-refractivity contribution in [3.05, 3.63) is 23.4 Å². The predicted molar refractivity (Wildman–Crippen MR) is 63.3 cm³/mol. The van der Waals surface area contributed by atoms with Gasteiger partial charge in [-0.25, -0.2) is 4.98 Å². The number of nitrogens with zero attached hydrogens (tertiary/aromatic N) is 1. The first-order valence-corrected chi connectivity index (χ1v) is 5.78. The highest BCUT2D eigenvalue weighted by molar-refractivity contribution is 6.30. The van der Waals surface area contributed by atoms with Crippen molar-refractivity contribution in [1.82, 2.24) is 10.3 Å². The fourth-order valence-corrected chi connectivity index (χ4v) is 1.93. The van der Waals surface area contributed by atoms with Gasteiger partial charge in [0.05, 0.1) is 5.02 Å². The summed E-state index contributed by atoms with van der Waals surface area (Å²) in [7, 11) is 0. The Morgan fingerprint density at radius 3 is 2.87 bits per heavy atom. The first-order chi connectivity index (χ1) is 7.34. The monoisotopic (exact) mass is 225 g/mol. The molecule has 1 aromatic rings. The summed E-state index contributed by atoms with van der Waals surface area (Å²) >= 11 is 5.76. The van der Waals surface area contributed by atoms with Crippen molar-refractivity contribution in [2.45, 2.75) is 12.8 Å². The summed E-state index contributed by atoms with van der Waals surface area (Å²) in [6, 6.07) is 3.78. The molecule has 0 spiro atoms. The molecule has 0 radical (unpaired) electrons. The summed E-state index contributed by atoms with van der Waals surface area (Å²) in [5.41, 5.74) is 0. The fourth-order valence-electron chi connectivity index (χ4n) is 1.82. The normalized spacial score (nSPS) is 17.7. The smallest absolute Gasteiger partial charge is 0.125 e. The summed E-state index contributed by atoms with van der Waals surface area (Å²) in [6.07, 6.45) is 4.17. The third-order valence-corrected chi connectivity index (χ3v) is 2.98. The van der Waals surface area contributed by atoms with Crippen LogP contribution in [0.15, 0.2) is 18.3 Å². The Bertz CT molecular complexity index is 293. The first kappa shape index (κ1) is 10.7. The van der Waals surface area contributed by atoms with Crippen LogP contribution in [0.1, 0.15) is 12.8 Å². The van der Waals surface area contributed by atoms with Crippen molar-refractivity contribution in [3.63, 3.8) is 0 Å². The molecule has 2 rings (SSSR count). The van der Waals surface area contributed by atoms with Crippen molar-refractivity contribution in [3.8, 4) is 0 Å². The molecule has 1 fully saturated rings. The van der Waals surface area contributed by atoms with E-state index in [4.69, 9.17) is 11.6 Å². The van der Waals surface area contributed by atoms with Crippen LogP contribution in [0.25, 0.3) is 0 Å². The largest absolute Gasteiger partial charge is 0.370 e. The van der Waals surface area contributed by atoms with E-state index in [0.717, 1.165) is 31.4 Å². The molecule has 1 saturated heterocycles. The van der Waals surface area contributed by atoms with Crippen molar-refractivity contribution < 1.29 is 0 Å². The maximum atomic E-state index is 5.76. The topological polar surface area (TPSA) is 37.0 Å². The van der Waals surface area contributed by atoms with E-state index < -0.39 is 0 Å². The van der Waals surface area contributed by atoms with E-state index in [1.807, 2.05) is 12.1 Å². The van der Waals surface area contributed by atoms with Crippen LogP contribution in [0.4, 0.5) is 5.82 Å². The van der Waals surface area contributed by atoms with Crippen molar-refractivity contribution >= 4 is 17.4 Å². The Kier molecular flexibility index (Phi) is 3.80. The third-order valence-electron chi connectivity index (χ3n) is 2.76. The van der Waals surface area contributed by atoms with E-state index in [1.54, 1.807) is 6.20 Å².